The van der Waals surface area contributed by atoms with Crippen molar-refractivity contribution in [3.8, 4) is 0 Å². The molecule has 0 spiro atoms. The molecule has 1 heterocycles. The summed E-state index contributed by atoms with van der Waals surface area (Å²) < 4.78 is 0. The van der Waals surface area contributed by atoms with Gasteiger partial charge < -0.3 is 0 Å². The first kappa shape index (κ1) is 28.0. The number of rotatable bonds is 20. The van der Waals surface area contributed by atoms with E-state index in [1.165, 1.54) is 128 Å². The molecule has 0 atom stereocenters. The van der Waals surface area contributed by atoms with E-state index < -0.39 is 0 Å². The Morgan fingerprint density at radius 2 is 0.964 bits per heavy atom. The summed E-state index contributed by atoms with van der Waals surface area (Å²) in [5.41, 5.74) is 2.76. The fourth-order valence-corrected chi connectivity index (χ4v) is 4.12. The van der Waals surface area contributed by atoms with Crippen LogP contribution in [0.5, 0.6) is 0 Å². The van der Waals surface area contributed by atoms with Crippen molar-refractivity contribution in [3.05, 3.63) is 6.92 Å². The summed E-state index contributed by atoms with van der Waals surface area (Å²) in [6.45, 7) is 7.18. The molecule has 0 aromatic rings. The molecule has 1 nitrogen and oxygen atoms in total. The second kappa shape index (κ2) is 27.0. The van der Waals surface area contributed by atoms with E-state index in [0.29, 0.717) is 0 Å². The SMILES string of the molecule is [CH2]CCCCCCCCCCCCCCCCCCCCCC.[C]1=NCCS1. The Kier molecular flexibility index (Phi) is 27.0. The quantitative estimate of drug-likeness (QED) is 0.182. The van der Waals surface area contributed by atoms with Crippen LogP contribution >= 0.6 is 11.8 Å². The zero-order valence-electron chi connectivity index (χ0n) is 19.3. The molecular weight excluding hydrogens is 358 g/mol. The molecule has 0 N–H and O–H groups in total. The van der Waals surface area contributed by atoms with E-state index in [9.17, 15) is 0 Å². The predicted molar refractivity (Wildman–Crippen MR) is 133 cm³/mol. The van der Waals surface area contributed by atoms with Gasteiger partial charge in [-0.25, -0.2) is 0 Å². The Balaban J connectivity index is 0.00000125. The van der Waals surface area contributed by atoms with Gasteiger partial charge in [-0.1, -0.05) is 149 Å². The summed E-state index contributed by atoms with van der Waals surface area (Å²) in [7, 11) is 0. The maximum atomic E-state index is 3.90. The number of unbranched alkanes of at least 4 members (excludes halogenated alkanes) is 20. The molecule has 0 aliphatic carbocycles. The highest BCUT2D eigenvalue weighted by atomic mass is 32.2. The predicted octanol–water partition coefficient (Wildman–Crippen LogP) is 9.67. The third-order valence-corrected chi connectivity index (χ3v) is 6.18. The molecule has 0 bridgehead atoms. The fraction of sp³-hybridized carbons (Fsp3) is 0.923. The monoisotopic (exact) mass is 409 g/mol. The lowest BCUT2D eigenvalue weighted by molar-refractivity contribution is 0.522. The minimum atomic E-state index is 0.977. The number of aliphatic imine (C=N–C) groups is 1. The first-order chi connectivity index (χ1) is 13.9. The largest absolute Gasteiger partial charge is 0.275 e. The van der Waals surface area contributed by atoms with E-state index in [2.05, 4.69) is 24.4 Å². The average Bonchev–Trinajstić information content (AvgIpc) is 3.30. The second-order valence-electron chi connectivity index (χ2n) is 8.39. The zero-order chi connectivity index (χ0) is 20.4. The van der Waals surface area contributed by atoms with Crippen molar-refractivity contribution in [2.24, 2.45) is 4.99 Å². The van der Waals surface area contributed by atoms with Crippen molar-refractivity contribution >= 4 is 17.3 Å². The van der Waals surface area contributed by atoms with Crippen LogP contribution in [0.15, 0.2) is 4.99 Å². The molecule has 0 amide bonds. The Labute approximate surface area is 183 Å². The van der Waals surface area contributed by atoms with E-state index in [4.69, 9.17) is 0 Å². The molecule has 28 heavy (non-hydrogen) atoms. The molecule has 0 saturated heterocycles. The van der Waals surface area contributed by atoms with Gasteiger partial charge in [0.1, 0.15) is 5.55 Å². The zero-order valence-corrected chi connectivity index (χ0v) is 20.1. The topological polar surface area (TPSA) is 12.4 Å². The summed E-state index contributed by atoms with van der Waals surface area (Å²) in [4.78, 5) is 3.80. The van der Waals surface area contributed by atoms with Crippen molar-refractivity contribution in [2.45, 2.75) is 142 Å². The molecule has 1 aliphatic rings. The normalized spacial score (nSPS) is 12.9. The van der Waals surface area contributed by atoms with E-state index in [0.717, 1.165) is 18.7 Å². The lowest BCUT2D eigenvalue weighted by atomic mass is 10.0. The number of hydrogen-bond acceptors (Lipinski definition) is 2. The van der Waals surface area contributed by atoms with Crippen LogP contribution in [-0.4, -0.2) is 17.8 Å². The molecule has 0 fully saturated rings. The molecule has 0 saturated carbocycles. The van der Waals surface area contributed by atoms with Gasteiger partial charge in [-0.2, -0.15) is 0 Å². The first-order valence-corrected chi connectivity index (χ1v) is 13.7. The molecular formula is C26H51NS. The molecule has 166 valence electrons. The minimum Gasteiger partial charge on any atom is -0.275 e. The highest BCUT2D eigenvalue weighted by molar-refractivity contribution is 8.12. The summed E-state index contributed by atoms with van der Waals surface area (Å²) in [5, 5.41) is 0. The third-order valence-electron chi connectivity index (χ3n) is 5.54. The summed E-state index contributed by atoms with van der Waals surface area (Å²) in [6, 6.07) is 0. The van der Waals surface area contributed by atoms with Gasteiger partial charge in [-0.15, -0.1) is 11.8 Å². The Morgan fingerprint density at radius 3 is 1.18 bits per heavy atom. The Bertz CT molecular complexity index is 264. The summed E-state index contributed by atoms with van der Waals surface area (Å²) in [6.07, 6.45) is 30.3. The van der Waals surface area contributed by atoms with Crippen molar-refractivity contribution in [2.75, 3.05) is 12.3 Å². The Hall–Kier alpha value is 0.0200. The van der Waals surface area contributed by atoms with Crippen LogP contribution in [0.25, 0.3) is 0 Å². The van der Waals surface area contributed by atoms with Crippen LogP contribution in [0.1, 0.15) is 142 Å². The number of hydrogen-bond donors (Lipinski definition) is 0. The molecule has 1 aliphatic heterocycles. The van der Waals surface area contributed by atoms with E-state index in [1.807, 2.05) is 0 Å². The lowest BCUT2D eigenvalue weighted by Gasteiger charge is -2.04. The molecule has 0 unspecified atom stereocenters. The summed E-state index contributed by atoms with van der Waals surface area (Å²) >= 11 is 1.66. The van der Waals surface area contributed by atoms with Gasteiger partial charge in [-0.05, 0) is 0 Å². The third kappa shape index (κ3) is 26.0. The molecule has 1 rings (SSSR count). The highest BCUT2D eigenvalue weighted by Gasteiger charge is 1.95. The van der Waals surface area contributed by atoms with E-state index in [1.54, 1.807) is 11.8 Å². The van der Waals surface area contributed by atoms with Gasteiger partial charge in [-0.3, -0.25) is 4.99 Å². The van der Waals surface area contributed by atoms with Crippen LogP contribution in [0, 0.1) is 6.92 Å². The second-order valence-corrected chi connectivity index (χ2v) is 9.27. The fourth-order valence-electron chi connectivity index (χ4n) is 3.66. The van der Waals surface area contributed by atoms with E-state index >= 15 is 0 Å². The Morgan fingerprint density at radius 1 is 0.607 bits per heavy atom. The first-order valence-electron chi connectivity index (χ1n) is 12.7. The van der Waals surface area contributed by atoms with Crippen LogP contribution in [0.2, 0.25) is 0 Å². The lowest BCUT2D eigenvalue weighted by Crippen LogP contribution is -1.84. The van der Waals surface area contributed by atoms with Gasteiger partial charge >= 0.3 is 0 Å². The van der Waals surface area contributed by atoms with E-state index in [-0.39, 0.29) is 0 Å². The van der Waals surface area contributed by atoms with Crippen molar-refractivity contribution in [3.63, 3.8) is 0 Å². The van der Waals surface area contributed by atoms with Gasteiger partial charge in [0.2, 0.25) is 0 Å². The van der Waals surface area contributed by atoms with Crippen molar-refractivity contribution in [1.82, 2.24) is 0 Å². The number of thioether (sulfide) groups is 1. The highest BCUT2D eigenvalue weighted by Crippen LogP contribution is 2.14. The van der Waals surface area contributed by atoms with Gasteiger partial charge in [0.05, 0.1) is 0 Å². The standard InChI is InChI=1S/C23H47.C3H4NS/c1-3-5-7-9-11-13-15-17-19-21-23-22-20-18-16-14-12-10-8-6-4-2;1-2-5-3-4-1/h1,3-23H2,2H3;1-2H2. The number of nitrogens with zero attached hydrogens (tertiary/aromatic N) is 1. The van der Waals surface area contributed by atoms with Crippen molar-refractivity contribution < 1.29 is 0 Å². The molecule has 0 aromatic carbocycles. The maximum Gasteiger partial charge on any atom is 0.122 e. The summed E-state index contributed by atoms with van der Waals surface area (Å²) in [5.74, 6) is 1.14. The van der Waals surface area contributed by atoms with Crippen LogP contribution in [-0.2, 0) is 0 Å². The minimum absolute atomic E-state index is 0.977. The van der Waals surface area contributed by atoms with Crippen molar-refractivity contribution in [1.29, 1.82) is 0 Å². The average molecular weight is 410 g/mol. The van der Waals surface area contributed by atoms with Gasteiger partial charge in [0.25, 0.3) is 0 Å². The molecule has 2 radical (unpaired) electrons. The van der Waals surface area contributed by atoms with Crippen LogP contribution in [0.4, 0.5) is 0 Å². The smallest absolute Gasteiger partial charge is 0.122 e. The van der Waals surface area contributed by atoms with Crippen LogP contribution < -0.4 is 0 Å². The maximum absolute atomic E-state index is 3.90. The van der Waals surface area contributed by atoms with Gasteiger partial charge in [0.15, 0.2) is 0 Å². The molecule has 0 aromatic heterocycles. The van der Waals surface area contributed by atoms with Gasteiger partial charge in [0, 0.05) is 12.3 Å². The molecule has 2 heteroatoms. The van der Waals surface area contributed by atoms with Crippen LogP contribution in [0.3, 0.4) is 0 Å².